The van der Waals surface area contributed by atoms with E-state index in [0.29, 0.717) is 5.69 Å². The minimum Gasteiger partial charge on any atom is -0.392 e. The van der Waals surface area contributed by atoms with E-state index >= 15 is 0 Å². The van der Waals surface area contributed by atoms with Crippen molar-refractivity contribution in [2.45, 2.75) is 60.4 Å². The summed E-state index contributed by atoms with van der Waals surface area (Å²) >= 11 is 0. The van der Waals surface area contributed by atoms with Gasteiger partial charge < -0.3 is 5.11 Å². The molecule has 0 spiro atoms. The molecule has 0 aliphatic heterocycles. The van der Waals surface area contributed by atoms with Crippen molar-refractivity contribution in [3.8, 4) is 0 Å². The zero-order valence-corrected chi connectivity index (χ0v) is 18.4. The molecule has 0 saturated carbocycles. The lowest BCUT2D eigenvalue weighted by Gasteiger charge is -2.32. The van der Waals surface area contributed by atoms with E-state index in [2.05, 4.69) is 50.9 Å². The molecule has 2 nitrogen and oxygen atoms in total. The van der Waals surface area contributed by atoms with Crippen LogP contribution in [0.15, 0.2) is 88.0 Å². The second kappa shape index (κ2) is 10.9. The summed E-state index contributed by atoms with van der Waals surface area (Å²) in [6.45, 7) is 8.59. The normalized spacial score (nSPS) is 20.1. The molecule has 0 amide bonds. The molecule has 0 aromatic heterocycles. The van der Waals surface area contributed by atoms with Gasteiger partial charge in [0.05, 0.1) is 15.0 Å². The van der Waals surface area contributed by atoms with Crippen LogP contribution in [-0.2, 0) is 6.56 Å². The summed E-state index contributed by atoms with van der Waals surface area (Å²) in [4.78, 5) is 4.29. The van der Waals surface area contributed by atoms with E-state index in [1.165, 1.54) is 42.0 Å². The minimum atomic E-state index is -2.41. The average Bonchev–Trinajstić information content (AvgIpc) is 2.66. The van der Waals surface area contributed by atoms with Gasteiger partial charge in [0.1, 0.15) is 0 Å². The first-order valence-electron chi connectivity index (χ1n) is 11.3. The Morgan fingerprint density at radius 2 is 1.90 bits per heavy atom. The van der Waals surface area contributed by atoms with Crippen LogP contribution >= 0.6 is 0 Å². The van der Waals surface area contributed by atoms with Crippen LogP contribution in [-0.4, -0.2) is 11.3 Å². The predicted molar refractivity (Wildman–Crippen MR) is 127 cm³/mol. The monoisotopic (exact) mass is 391 g/mol. The first-order chi connectivity index (χ1) is 14.5. The number of rotatable bonds is 7. The van der Waals surface area contributed by atoms with E-state index in [-0.39, 0.29) is 11.0 Å². The van der Waals surface area contributed by atoms with Gasteiger partial charge in [-0.1, -0.05) is 73.6 Å². The Labute approximate surface area is 179 Å². The SMILES string of the molecule is [2H]C([2H])(O)c1ccccc1/N=C/C=C(C)/C=C/C=C(C)/C=C/C1=C(C)CCCC1(C)C. The van der Waals surface area contributed by atoms with Crippen molar-refractivity contribution < 1.29 is 7.85 Å². The number of para-hydroxylation sites is 1. The molecule has 29 heavy (non-hydrogen) atoms. The summed E-state index contributed by atoms with van der Waals surface area (Å²) < 4.78 is 15.0. The molecule has 2 rings (SSSR count). The number of hydrogen-bond acceptors (Lipinski definition) is 2. The highest BCUT2D eigenvalue weighted by Gasteiger charge is 2.26. The molecule has 1 aromatic rings. The Morgan fingerprint density at radius 3 is 2.62 bits per heavy atom. The van der Waals surface area contributed by atoms with E-state index < -0.39 is 6.56 Å². The van der Waals surface area contributed by atoms with Gasteiger partial charge in [0.15, 0.2) is 0 Å². The van der Waals surface area contributed by atoms with Crippen molar-refractivity contribution in [2.75, 3.05) is 0 Å². The second-order valence-electron chi connectivity index (χ2n) is 8.35. The zero-order valence-electron chi connectivity index (χ0n) is 20.4. The number of nitrogens with zero attached hydrogens (tertiary/aromatic N) is 1. The van der Waals surface area contributed by atoms with Gasteiger partial charge in [-0.05, 0) is 68.7 Å². The van der Waals surface area contributed by atoms with Crippen LogP contribution in [0, 0.1) is 5.41 Å². The Kier molecular flexibility index (Phi) is 7.47. The van der Waals surface area contributed by atoms with Crippen molar-refractivity contribution in [2.24, 2.45) is 10.4 Å². The Hall–Kier alpha value is -2.45. The van der Waals surface area contributed by atoms with E-state index in [4.69, 9.17) is 2.74 Å². The number of aliphatic imine (C=N–C) groups is 1. The third-order valence-corrected chi connectivity index (χ3v) is 5.35. The summed E-state index contributed by atoms with van der Waals surface area (Å²) in [5.41, 5.74) is 6.01. The predicted octanol–water partition coefficient (Wildman–Crippen LogP) is 7.41. The highest BCUT2D eigenvalue weighted by Crippen LogP contribution is 2.40. The lowest BCUT2D eigenvalue weighted by Crippen LogP contribution is -2.19. The third-order valence-electron chi connectivity index (χ3n) is 5.35. The third kappa shape index (κ3) is 7.14. The van der Waals surface area contributed by atoms with Gasteiger partial charge in [-0.25, -0.2) is 0 Å². The van der Waals surface area contributed by atoms with E-state index in [1.54, 1.807) is 24.4 Å². The molecular weight excluding hydrogens is 354 g/mol. The fourth-order valence-electron chi connectivity index (χ4n) is 3.60. The van der Waals surface area contributed by atoms with Crippen molar-refractivity contribution in [3.63, 3.8) is 0 Å². The molecule has 154 valence electrons. The van der Waals surface area contributed by atoms with Crippen molar-refractivity contribution >= 4 is 11.9 Å². The Morgan fingerprint density at radius 1 is 1.17 bits per heavy atom. The fourth-order valence-corrected chi connectivity index (χ4v) is 3.60. The summed E-state index contributed by atoms with van der Waals surface area (Å²) in [5, 5.41) is 9.63. The summed E-state index contributed by atoms with van der Waals surface area (Å²) in [6, 6.07) is 6.67. The molecule has 1 N–H and O–H groups in total. The number of hydrogen-bond donors (Lipinski definition) is 1. The van der Waals surface area contributed by atoms with Crippen LogP contribution in [0.4, 0.5) is 5.69 Å². The van der Waals surface area contributed by atoms with E-state index in [1.807, 2.05) is 25.2 Å². The minimum absolute atomic E-state index is 0.157. The standard InChI is InChI=1S/C27H35NO/c1-21(15-16-25-23(3)12-9-18-27(25,4)5)10-8-11-22(2)17-19-28-26-14-7-6-13-24(26)20-29/h6-8,10-11,13-17,19,29H,9,12,18,20H2,1-5H3/b11-8+,16-15+,21-10+,22-17+,28-19+/i20D2. The first kappa shape index (κ1) is 19.8. The average molecular weight is 392 g/mol. The van der Waals surface area contributed by atoms with Gasteiger partial charge in [-0.3, -0.25) is 4.99 Å². The zero-order chi connectivity index (χ0) is 23.1. The maximum Gasteiger partial charge on any atom is 0.0702 e. The molecular formula is C27H35NO. The van der Waals surface area contributed by atoms with E-state index in [9.17, 15) is 5.11 Å². The van der Waals surface area contributed by atoms with Crippen LogP contribution in [0.25, 0.3) is 0 Å². The molecule has 0 bridgehead atoms. The van der Waals surface area contributed by atoms with Gasteiger partial charge in [0.25, 0.3) is 0 Å². The molecule has 1 aliphatic rings. The smallest absolute Gasteiger partial charge is 0.0702 e. The summed E-state index contributed by atoms with van der Waals surface area (Å²) in [5.74, 6) is 0. The highest BCUT2D eigenvalue weighted by atomic mass is 16.3. The maximum atomic E-state index is 9.63. The van der Waals surface area contributed by atoms with Gasteiger partial charge >= 0.3 is 0 Å². The second-order valence-corrected chi connectivity index (χ2v) is 8.35. The van der Waals surface area contributed by atoms with Crippen LogP contribution in [0.5, 0.6) is 0 Å². The van der Waals surface area contributed by atoms with Crippen molar-refractivity contribution in [3.05, 3.63) is 88.6 Å². The molecule has 0 radical (unpaired) electrons. The molecule has 2 heteroatoms. The maximum absolute atomic E-state index is 9.63. The molecule has 1 aromatic carbocycles. The van der Waals surface area contributed by atoms with Crippen LogP contribution in [0.3, 0.4) is 0 Å². The molecule has 0 saturated heterocycles. The number of aliphatic hydroxyl groups is 1. The van der Waals surface area contributed by atoms with E-state index in [0.717, 1.165) is 5.57 Å². The van der Waals surface area contributed by atoms with Gasteiger partial charge in [-0.15, -0.1) is 0 Å². The van der Waals surface area contributed by atoms with Gasteiger partial charge in [-0.2, -0.15) is 0 Å². The largest absolute Gasteiger partial charge is 0.392 e. The topological polar surface area (TPSA) is 32.6 Å². The first-order valence-corrected chi connectivity index (χ1v) is 10.3. The Balaban J connectivity index is 2.03. The number of allylic oxidation sites excluding steroid dienone is 10. The molecule has 0 fully saturated rings. The lowest BCUT2D eigenvalue weighted by molar-refractivity contribution is 0.282. The van der Waals surface area contributed by atoms with Gasteiger partial charge in [0, 0.05) is 11.8 Å². The summed E-state index contributed by atoms with van der Waals surface area (Å²) in [7, 11) is 0. The fraction of sp³-hybridized carbons (Fsp3) is 0.370. The molecule has 0 heterocycles. The van der Waals surface area contributed by atoms with Crippen LogP contribution < -0.4 is 0 Å². The van der Waals surface area contributed by atoms with Crippen molar-refractivity contribution in [1.82, 2.24) is 0 Å². The number of benzene rings is 1. The Bertz CT molecular complexity index is 954. The quantitative estimate of drug-likeness (QED) is 0.381. The molecule has 0 unspecified atom stereocenters. The summed E-state index contributed by atoms with van der Waals surface area (Å²) in [6.07, 6.45) is 17.8. The van der Waals surface area contributed by atoms with Crippen LogP contribution in [0.2, 0.25) is 0 Å². The molecule has 1 aliphatic carbocycles. The van der Waals surface area contributed by atoms with Gasteiger partial charge in [0.2, 0.25) is 0 Å². The lowest BCUT2D eigenvalue weighted by atomic mass is 9.72. The highest BCUT2D eigenvalue weighted by molar-refractivity contribution is 5.76. The van der Waals surface area contributed by atoms with Crippen molar-refractivity contribution in [1.29, 1.82) is 0 Å². The molecule has 0 atom stereocenters. The van der Waals surface area contributed by atoms with Crippen LogP contribution in [0.1, 0.15) is 62.2 Å².